The fourth-order valence-electron chi connectivity index (χ4n) is 5.56. The lowest BCUT2D eigenvalue weighted by atomic mass is 9.83. The molecule has 0 bridgehead atoms. The average molecular weight is 577 g/mol. The molecule has 3 aliphatic rings. The van der Waals surface area contributed by atoms with Crippen molar-refractivity contribution in [3.8, 4) is 0 Å². The second-order valence-corrected chi connectivity index (χ2v) is 12.0. The summed E-state index contributed by atoms with van der Waals surface area (Å²) >= 11 is 1.41. The van der Waals surface area contributed by atoms with Crippen LogP contribution >= 0.6 is 11.3 Å². The Kier molecular flexibility index (Phi) is 7.27. The topological polar surface area (TPSA) is 119 Å². The second-order valence-electron chi connectivity index (χ2n) is 10.9. The Hall–Kier alpha value is -3.42. The molecule has 2 fully saturated rings. The Balaban J connectivity index is 1.24. The van der Waals surface area contributed by atoms with E-state index in [0.29, 0.717) is 47.6 Å². The first-order valence-corrected chi connectivity index (χ1v) is 14.4. The maximum absolute atomic E-state index is 13.5. The maximum Gasteiger partial charge on any atom is 0.282 e. The van der Waals surface area contributed by atoms with Gasteiger partial charge in [-0.15, -0.1) is 21.5 Å². The normalized spacial score (nSPS) is 22.4. The predicted octanol–water partition coefficient (Wildman–Crippen LogP) is 4.70. The molecule has 14 heteroatoms. The van der Waals surface area contributed by atoms with E-state index >= 15 is 0 Å². The van der Waals surface area contributed by atoms with E-state index in [-0.39, 0.29) is 42.3 Å². The van der Waals surface area contributed by atoms with Crippen LogP contribution in [0.2, 0.25) is 0 Å². The van der Waals surface area contributed by atoms with Crippen molar-refractivity contribution in [2.45, 2.75) is 70.0 Å². The van der Waals surface area contributed by atoms with Crippen molar-refractivity contribution in [1.82, 2.24) is 29.9 Å². The first-order chi connectivity index (χ1) is 19.3. The van der Waals surface area contributed by atoms with E-state index in [1.165, 1.54) is 28.5 Å². The van der Waals surface area contributed by atoms with E-state index in [0.717, 1.165) is 29.7 Å². The molecule has 3 heterocycles. The van der Waals surface area contributed by atoms with Crippen LogP contribution in [0.25, 0.3) is 0 Å². The molecular formula is C26H31F3N8O2S. The molecule has 3 N–H and O–H groups in total. The summed E-state index contributed by atoms with van der Waals surface area (Å²) in [6.07, 6.45) is 3.64. The quantitative estimate of drug-likeness (QED) is 0.340. The van der Waals surface area contributed by atoms with E-state index in [4.69, 9.17) is 0 Å². The molecule has 0 radical (unpaired) electrons. The van der Waals surface area contributed by atoms with Crippen LogP contribution in [0.5, 0.6) is 0 Å². The number of amides is 2. The van der Waals surface area contributed by atoms with Gasteiger partial charge < -0.3 is 16.0 Å². The summed E-state index contributed by atoms with van der Waals surface area (Å²) in [5.41, 5.74) is 1.01. The van der Waals surface area contributed by atoms with Crippen LogP contribution in [0, 0.1) is 11.8 Å². The molecule has 0 aromatic carbocycles. The molecule has 0 unspecified atom stereocenters. The van der Waals surface area contributed by atoms with Gasteiger partial charge in [-0.3, -0.25) is 18.8 Å². The molecule has 3 aromatic rings. The summed E-state index contributed by atoms with van der Waals surface area (Å²) in [7, 11) is 1.56. The molecular weight excluding hydrogens is 545 g/mol. The monoisotopic (exact) mass is 576 g/mol. The standard InChI is InChI=1S/C26H31F3N8O2S/c1-36-20(10-18(35-36)22(28)29)32-26-34-31-12-37(26)16-5-6-19-17(9-16)21(24(39)30-11-13-3-2-4-13)25(40-19)33-23(38)14-7-15(27)8-14/h10,12-16,22H,2-9,11H2,1H3,(H,30,39)(H,32,34)(H,33,38)/t14-,15-,16-/m0/s1. The first kappa shape index (κ1) is 26.8. The summed E-state index contributed by atoms with van der Waals surface area (Å²) in [5, 5.41) is 21.6. The molecule has 2 saturated carbocycles. The third kappa shape index (κ3) is 5.20. The third-order valence-corrected chi connectivity index (χ3v) is 9.46. The molecule has 0 aliphatic heterocycles. The van der Waals surface area contributed by atoms with Gasteiger partial charge in [-0.1, -0.05) is 6.42 Å². The highest BCUT2D eigenvalue weighted by Gasteiger charge is 2.37. The van der Waals surface area contributed by atoms with Gasteiger partial charge in [0.2, 0.25) is 11.9 Å². The van der Waals surface area contributed by atoms with Crippen LogP contribution in [-0.4, -0.2) is 49.1 Å². The fraction of sp³-hybridized carbons (Fsp3) is 0.577. The minimum absolute atomic E-state index is 0.108. The Morgan fingerprint density at radius 1 is 1.23 bits per heavy atom. The number of aryl methyl sites for hydroxylation is 2. The number of halogens is 3. The van der Waals surface area contributed by atoms with E-state index in [1.807, 2.05) is 4.57 Å². The van der Waals surface area contributed by atoms with Gasteiger partial charge in [-0.2, -0.15) is 5.10 Å². The summed E-state index contributed by atoms with van der Waals surface area (Å²) in [5.74, 6) is 0.363. The number of alkyl halides is 3. The Bertz CT molecular complexity index is 1410. The highest BCUT2D eigenvalue weighted by molar-refractivity contribution is 7.17. The van der Waals surface area contributed by atoms with E-state index in [2.05, 4.69) is 31.2 Å². The van der Waals surface area contributed by atoms with Crippen LogP contribution in [0.4, 0.5) is 29.9 Å². The van der Waals surface area contributed by atoms with Gasteiger partial charge in [-0.25, -0.2) is 13.2 Å². The lowest BCUT2D eigenvalue weighted by molar-refractivity contribution is -0.124. The smallest absolute Gasteiger partial charge is 0.282 e. The number of rotatable bonds is 9. The van der Waals surface area contributed by atoms with Crippen molar-refractivity contribution in [3.05, 3.63) is 34.1 Å². The van der Waals surface area contributed by atoms with Crippen LogP contribution in [0.15, 0.2) is 12.4 Å². The van der Waals surface area contributed by atoms with Crippen LogP contribution < -0.4 is 16.0 Å². The number of carbonyl (C=O) groups is 2. The van der Waals surface area contributed by atoms with E-state index in [9.17, 15) is 22.8 Å². The van der Waals surface area contributed by atoms with Gasteiger partial charge >= 0.3 is 0 Å². The van der Waals surface area contributed by atoms with Crippen molar-refractivity contribution >= 4 is 39.9 Å². The number of aromatic nitrogens is 5. The van der Waals surface area contributed by atoms with Crippen molar-refractivity contribution in [1.29, 1.82) is 0 Å². The molecule has 3 aliphatic carbocycles. The number of carbonyl (C=O) groups excluding carboxylic acids is 2. The van der Waals surface area contributed by atoms with Crippen LogP contribution in [0.3, 0.4) is 0 Å². The minimum Gasteiger partial charge on any atom is -0.352 e. The lowest BCUT2D eigenvalue weighted by Gasteiger charge is -2.28. The minimum atomic E-state index is -2.69. The first-order valence-electron chi connectivity index (χ1n) is 13.6. The van der Waals surface area contributed by atoms with Crippen molar-refractivity contribution in [2.75, 3.05) is 17.2 Å². The number of fused-ring (bicyclic) bond motifs is 1. The van der Waals surface area contributed by atoms with Gasteiger partial charge in [0.1, 0.15) is 29.0 Å². The molecule has 2 amide bonds. The molecule has 10 nitrogen and oxygen atoms in total. The summed E-state index contributed by atoms with van der Waals surface area (Å²) in [4.78, 5) is 27.3. The fourth-order valence-corrected chi connectivity index (χ4v) is 6.80. The number of thiophene rings is 1. The van der Waals surface area contributed by atoms with Gasteiger partial charge in [0, 0.05) is 36.5 Å². The number of hydrogen-bond donors (Lipinski definition) is 3. The molecule has 0 spiro atoms. The SMILES string of the molecule is Cn1nc(C(F)F)cc1Nc1nncn1[C@H]1CCc2sc(NC(=O)[C@H]3C[C@H](F)C3)c(C(=O)NCC3CCC3)c2C1. The summed E-state index contributed by atoms with van der Waals surface area (Å²) in [6, 6.07) is 1.16. The zero-order chi connectivity index (χ0) is 28.0. The highest BCUT2D eigenvalue weighted by atomic mass is 32.1. The zero-order valence-electron chi connectivity index (χ0n) is 22.0. The molecule has 0 saturated heterocycles. The summed E-state index contributed by atoms with van der Waals surface area (Å²) < 4.78 is 42.8. The number of hydrogen-bond acceptors (Lipinski definition) is 7. The molecule has 1 atom stereocenters. The highest BCUT2D eigenvalue weighted by Crippen LogP contribution is 2.43. The van der Waals surface area contributed by atoms with Crippen molar-refractivity contribution in [3.63, 3.8) is 0 Å². The molecule has 6 rings (SSSR count). The van der Waals surface area contributed by atoms with Gasteiger partial charge in [0.05, 0.1) is 5.56 Å². The largest absolute Gasteiger partial charge is 0.352 e. The zero-order valence-corrected chi connectivity index (χ0v) is 22.8. The molecule has 40 heavy (non-hydrogen) atoms. The Morgan fingerprint density at radius 3 is 2.70 bits per heavy atom. The van der Waals surface area contributed by atoms with Gasteiger partial charge in [0.25, 0.3) is 12.3 Å². The van der Waals surface area contributed by atoms with Crippen molar-refractivity contribution < 1.29 is 22.8 Å². The average Bonchev–Trinajstić information content (AvgIpc) is 3.58. The molecule has 3 aromatic heterocycles. The van der Waals surface area contributed by atoms with Crippen molar-refractivity contribution in [2.24, 2.45) is 18.9 Å². The summed E-state index contributed by atoms with van der Waals surface area (Å²) in [6.45, 7) is 0.594. The second kappa shape index (κ2) is 10.9. The van der Waals surface area contributed by atoms with E-state index in [1.54, 1.807) is 13.4 Å². The Morgan fingerprint density at radius 2 is 2.02 bits per heavy atom. The molecule has 214 valence electrons. The van der Waals surface area contributed by atoms with E-state index < -0.39 is 12.6 Å². The Labute approximate surface area is 232 Å². The predicted molar refractivity (Wildman–Crippen MR) is 143 cm³/mol. The third-order valence-electron chi connectivity index (χ3n) is 8.25. The number of anilines is 3. The number of nitrogens with one attached hydrogen (secondary N) is 3. The van der Waals surface area contributed by atoms with Crippen LogP contribution in [-0.2, 0) is 24.7 Å². The van der Waals surface area contributed by atoms with Gasteiger partial charge in [-0.05, 0) is 56.4 Å². The lowest BCUT2D eigenvalue weighted by Crippen LogP contribution is -2.36. The number of nitrogens with zero attached hydrogens (tertiary/aromatic N) is 5. The van der Waals surface area contributed by atoms with Gasteiger partial charge in [0.15, 0.2) is 0 Å². The maximum atomic E-state index is 13.5. The van der Waals surface area contributed by atoms with Crippen LogP contribution in [0.1, 0.15) is 77.5 Å².